The van der Waals surface area contributed by atoms with Gasteiger partial charge in [-0.2, -0.15) is 0 Å². The van der Waals surface area contributed by atoms with E-state index < -0.39 is 5.54 Å². The van der Waals surface area contributed by atoms with E-state index in [0.717, 1.165) is 12.8 Å². The zero-order valence-electron chi connectivity index (χ0n) is 18.1. The van der Waals surface area contributed by atoms with Crippen LogP contribution in [0.15, 0.2) is 52.2 Å². The van der Waals surface area contributed by atoms with Crippen LogP contribution in [0.1, 0.15) is 38.2 Å². The molecule has 1 aliphatic carbocycles. The summed E-state index contributed by atoms with van der Waals surface area (Å²) in [5.74, 6) is 1.26. The molecule has 4 rings (SSSR count). The molecule has 9 heteroatoms. The number of hydrogen-bond acceptors (Lipinski definition) is 6. The molecule has 2 heterocycles. The predicted octanol–water partition coefficient (Wildman–Crippen LogP) is 4.80. The van der Waals surface area contributed by atoms with Crippen LogP contribution in [0.3, 0.4) is 0 Å². The molecule has 0 aliphatic heterocycles. The zero-order valence-corrected chi connectivity index (χ0v) is 19.7. The van der Waals surface area contributed by atoms with E-state index >= 15 is 0 Å². The number of rotatable bonds is 7. The number of benzene rings is 1. The molecule has 0 N–H and O–H groups in total. The van der Waals surface area contributed by atoms with Gasteiger partial charge in [-0.1, -0.05) is 41.6 Å². The minimum absolute atomic E-state index is 0.0366. The summed E-state index contributed by atoms with van der Waals surface area (Å²) in [6.07, 6.45) is 4.28. The Morgan fingerprint density at radius 3 is 2.75 bits per heavy atom. The maximum absolute atomic E-state index is 13.3. The average Bonchev–Trinajstić information content (AvgIpc) is 3.47. The number of hydrogen-bond donors (Lipinski definition) is 0. The summed E-state index contributed by atoms with van der Waals surface area (Å²) >= 11 is 7.80. The second kappa shape index (κ2) is 9.50. The Labute approximate surface area is 196 Å². The van der Waals surface area contributed by atoms with Crippen molar-refractivity contribution in [2.24, 2.45) is 0 Å². The summed E-state index contributed by atoms with van der Waals surface area (Å²) < 4.78 is 7.36. The van der Waals surface area contributed by atoms with E-state index in [0.29, 0.717) is 46.7 Å². The molecule has 0 saturated heterocycles. The topological polar surface area (TPSA) is 81.2 Å². The van der Waals surface area contributed by atoms with Crippen molar-refractivity contribution in [1.29, 1.82) is 0 Å². The van der Waals surface area contributed by atoms with Crippen LogP contribution < -0.4 is 0 Å². The molecule has 1 fully saturated rings. The Bertz CT molecular complexity index is 1110. The Balaban J connectivity index is 1.58. The van der Waals surface area contributed by atoms with Crippen molar-refractivity contribution < 1.29 is 14.0 Å². The summed E-state index contributed by atoms with van der Waals surface area (Å²) in [6, 6.07) is 10.9. The van der Waals surface area contributed by atoms with Crippen molar-refractivity contribution >= 4 is 35.1 Å². The van der Waals surface area contributed by atoms with Gasteiger partial charge < -0.3 is 9.32 Å². The normalized spacial score (nSPS) is 18.7. The Kier molecular flexibility index (Phi) is 6.71. The molecule has 3 aromatic rings. The fourth-order valence-electron chi connectivity index (χ4n) is 4.33. The summed E-state index contributed by atoms with van der Waals surface area (Å²) in [7, 11) is 1.70. The molecule has 168 valence electrons. The lowest BCUT2D eigenvalue weighted by Crippen LogP contribution is -2.54. The number of Topliss-reactive ketones (excluding diaryl/α,β-unsaturated/α-hetero) is 1. The third-order valence-electron chi connectivity index (χ3n) is 6.02. The standard InChI is InChI=1S/C23H25ClN4O3S/c1-3-28-21(18-11-8-14-31-18)25-26-22(28)32-15-20(30)27(2)23(13-7-6-12-19(23)29)16-9-4-5-10-17(16)24/h4-5,8-11,14H,3,6-7,12-13,15H2,1-2H3/t23-/m0/s1. The van der Waals surface area contributed by atoms with Gasteiger partial charge in [-0.15, -0.1) is 10.2 Å². The predicted molar refractivity (Wildman–Crippen MR) is 123 cm³/mol. The second-order valence-electron chi connectivity index (χ2n) is 7.74. The molecule has 7 nitrogen and oxygen atoms in total. The van der Waals surface area contributed by atoms with E-state index in [1.54, 1.807) is 30.3 Å². The summed E-state index contributed by atoms with van der Waals surface area (Å²) in [4.78, 5) is 28.1. The van der Waals surface area contributed by atoms with Crippen molar-refractivity contribution in [3.63, 3.8) is 0 Å². The van der Waals surface area contributed by atoms with Crippen LogP contribution in [0.2, 0.25) is 5.02 Å². The fourth-order valence-corrected chi connectivity index (χ4v) is 5.54. The molecular weight excluding hydrogens is 448 g/mol. The van der Waals surface area contributed by atoms with Crippen LogP contribution in [-0.2, 0) is 21.7 Å². The van der Waals surface area contributed by atoms with E-state index in [4.69, 9.17) is 16.0 Å². The highest BCUT2D eigenvalue weighted by Crippen LogP contribution is 2.42. The molecule has 2 aromatic heterocycles. The molecule has 0 unspecified atom stereocenters. The number of halogens is 1. The number of carbonyl (C=O) groups excluding carboxylic acids is 2. The maximum atomic E-state index is 13.3. The number of carbonyl (C=O) groups is 2. The van der Waals surface area contributed by atoms with Gasteiger partial charge in [-0.3, -0.25) is 14.2 Å². The molecule has 0 spiro atoms. The Hall–Kier alpha value is -2.58. The number of ketones is 1. The van der Waals surface area contributed by atoms with E-state index in [2.05, 4.69) is 10.2 Å². The van der Waals surface area contributed by atoms with Crippen molar-refractivity contribution in [2.75, 3.05) is 12.8 Å². The van der Waals surface area contributed by atoms with Crippen LogP contribution >= 0.6 is 23.4 Å². The Morgan fingerprint density at radius 2 is 2.06 bits per heavy atom. The number of thioether (sulfide) groups is 1. The molecule has 1 amide bonds. The largest absolute Gasteiger partial charge is 0.461 e. The van der Waals surface area contributed by atoms with Gasteiger partial charge >= 0.3 is 0 Å². The molecule has 1 aromatic carbocycles. The van der Waals surface area contributed by atoms with Crippen molar-refractivity contribution in [3.8, 4) is 11.6 Å². The lowest BCUT2D eigenvalue weighted by atomic mass is 9.74. The minimum Gasteiger partial charge on any atom is -0.461 e. The quantitative estimate of drug-likeness (QED) is 0.459. The fraction of sp³-hybridized carbons (Fsp3) is 0.391. The van der Waals surface area contributed by atoms with E-state index in [1.807, 2.05) is 35.8 Å². The molecule has 0 radical (unpaired) electrons. The summed E-state index contributed by atoms with van der Waals surface area (Å²) in [6.45, 7) is 2.62. The monoisotopic (exact) mass is 472 g/mol. The third-order valence-corrected chi connectivity index (χ3v) is 7.30. The molecule has 1 aliphatic rings. The number of furan rings is 1. The SMILES string of the molecule is CCn1c(SCC(=O)N(C)[C@]2(c3ccccc3Cl)CCCCC2=O)nnc1-c1ccco1. The van der Waals surface area contributed by atoms with Crippen molar-refractivity contribution in [2.45, 2.75) is 49.8 Å². The zero-order chi connectivity index (χ0) is 22.7. The first kappa shape index (κ1) is 22.6. The lowest BCUT2D eigenvalue weighted by molar-refractivity contribution is -0.146. The van der Waals surface area contributed by atoms with Gasteiger partial charge in [-0.05, 0) is 44.4 Å². The molecule has 1 atom stereocenters. The van der Waals surface area contributed by atoms with E-state index in [9.17, 15) is 9.59 Å². The highest BCUT2D eigenvalue weighted by molar-refractivity contribution is 7.99. The van der Waals surface area contributed by atoms with Crippen molar-refractivity contribution in [3.05, 3.63) is 53.2 Å². The highest BCUT2D eigenvalue weighted by atomic mass is 35.5. The number of likely N-dealkylation sites (N-methyl/N-ethyl adjacent to an activating group) is 1. The van der Waals surface area contributed by atoms with Crippen LogP contribution in [-0.4, -0.2) is 44.2 Å². The van der Waals surface area contributed by atoms with E-state index in [1.165, 1.54) is 11.8 Å². The number of aromatic nitrogens is 3. The average molecular weight is 473 g/mol. The second-order valence-corrected chi connectivity index (χ2v) is 9.09. The van der Waals surface area contributed by atoms with Gasteiger partial charge in [0.25, 0.3) is 0 Å². The van der Waals surface area contributed by atoms with Crippen LogP contribution in [0, 0.1) is 0 Å². The van der Waals surface area contributed by atoms with E-state index in [-0.39, 0.29) is 17.4 Å². The number of nitrogens with zero attached hydrogens (tertiary/aromatic N) is 4. The third kappa shape index (κ3) is 3.97. The van der Waals surface area contributed by atoms with Crippen molar-refractivity contribution in [1.82, 2.24) is 19.7 Å². The van der Waals surface area contributed by atoms with Crippen LogP contribution in [0.4, 0.5) is 0 Å². The van der Waals surface area contributed by atoms with Gasteiger partial charge in [0.1, 0.15) is 5.54 Å². The van der Waals surface area contributed by atoms with Gasteiger partial charge in [0.15, 0.2) is 22.5 Å². The van der Waals surface area contributed by atoms with Gasteiger partial charge in [0.05, 0.1) is 12.0 Å². The maximum Gasteiger partial charge on any atom is 0.233 e. The summed E-state index contributed by atoms with van der Waals surface area (Å²) in [5, 5.41) is 9.61. The first-order valence-corrected chi connectivity index (χ1v) is 12.0. The van der Waals surface area contributed by atoms with Crippen LogP contribution in [0.5, 0.6) is 0 Å². The number of amides is 1. The van der Waals surface area contributed by atoms with Gasteiger partial charge in [-0.25, -0.2) is 0 Å². The van der Waals surface area contributed by atoms with Gasteiger partial charge in [0.2, 0.25) is 5.91 Å². The summed E-state index contributed by atoms with van der Waals surface area (Å²) in [5.41, 5.74) is -0.338. The molecule has 0 bridgehead atoms. The first-order chi connectivity index (χ1) is 15.5. The Morgan fingerprint density at radius 1 is 1.25 bits per heavy atom. The lowest BCUT2D eigenvalue weighted by Gasteiger charge is -2.44. The molecular formula is C23H25ClN4O3S. The smallest absolute Gasteiger partial charge is 0.233 e. The minimum atomic E-state index is -1.04. The van der Waals surface area contributed by atoms with Gasteiger partial charge in [0, 0.05) is 30.6 Å². The molecule has 1 saturated carbocycles. The van der Waals surface area contributed by atoms with Crippen LogP contribution in [0.25, 0.3) is 11.6 Å². The first-order valence-electron chi connectivity index (χ1n) is 10.6. The highest BCUT2D eigenvalue weighted by Gasteiger charge is 2.47. The molecule has 32 heavy (non-hydrogen) atoms.